The summed E-state index contributed by atoms with van der Waals surface area (Å²) in [5.74, 6) is -0.0830. The monoisotopic (exact) mass is 363 g/mol. The lowest BCUT2D eigenvalue weighted by atomic mass is 10.1. The van der Waals surface area contributed by atoms with E-state index in [-0.39, 0.29) is 23.5 Å². The van der Waals surface area contributed by atoms with E-state index >= 15 is 0 Å². The van der Waals surface area contributed by atoms with E-state index in [1.807, 2.05) is 6.92 Å². The van der Waals surface area contributed by atoms with E-state index in [4.69, 9.17) is 23.2 Å². The second-order valence-corrected chi connectivity index (χ2v) is 8.61. The predicted octanol–water partition coefficient (Wildman–Crippen LogP) is 3.42. The minimum Gasteiger partial charge on any atom is -0.335 e. The first-order valence-corrected chi connectivity index (χ1v) is 9.88. The average molecular weight is 364 g/mol. The van der Waals surface area contributed by atoms with E-state index in [0.29, 0.717) is 28.6 Å². The van der Waals surface area contributed by atoms with Crippen LogP contribution < -0.4 is 0 Å². The van der Waals surface area contributed by atoms with Crippen LogP contribution in [-0.2, 0) is 9.84 Å². The molecular formula is C15H19Cl2NO3S. The van der Waals surface area contributed by atoms with Gasteiger partial charge in [0, 0.05) is 17.6 Å². The molecule has 1 heterocycles. The summed E-state index contributed by atoms with van der Waals surface area (Å²) in [5.41, 5.74) is 0.328. The van der Waals surface area contributed by atoms with Gasteiger partial charge in [0.25, 0.3) is 5.91 Å². The summed E-state index contributed by atoms with van der Waals surface area (Å²) < 4.78 is 23.4. The molecule has 122 valence electrons. The van der Waals surface area contributed by atoms with E-state index in [0.717, 1.165) is 12.8 Å². The Morgan fingerprint density at radius 1 is 1.36 bits per heavy atom. The van der Waals surface area contributed by atoms with E-state index in [1.54, 1.807) is 17.0 Å². The molecule has 2 rings (SSSR count). The molecule has 0 aromatic heterocycles. The molecule has 1 unspecified atom stereocenters. The van der Waals surface area contributed by atoms with Gasteiger partial charge in [-0.25, -0.2) is 8.42 Å². The summed E-state index contributed by atoms with van der Waals surface area (Å²) in [6.07, 6.45) is 2.23. The molecule has 4 nitrogen and oxygen atoms in total. The van der Waals surface area contributed by atoms with Crippen molar-refractivity contribution in [2.75, 3.05) is 18.1 Å². The molecule has 1 amide bonds. The van der Waals surface area contributed by atoms with Crippen LogP contribution >= 0.6 is 23.2 Å². The topological polar surface area (TPSA) is 54.5 Å². The van der Waals surface area contributed by atoms with Gasteiger partial charge in [-0.3, -0.25) is 4.79 Å². The Morgan fingerprint density at radius 3 is 2.68 bits per heavy atom. The summed E-state index contributed by atoms with van der Waals surface area (Å²) in [6, 6.07) is 4.46. The lowest BCUT2D eigenvalue weighted by molar-refractivity contribution is 0.0694. The Labute approximate surface area is 141 Å². The largest absolute Gasteiger partial charge is 0.335 e. The number of unbranched alkanes of at least 4 members (excludes halogenated alkanes) is 1. The van der Waals surface area contributed by atoms with Crippen LogP contribution in [0.1, 0.15) is 36.5 Å². The maximum absolute atomic E-state index is 12.8. The normalized spacial score (nSPS) is 20.0. The first kappa shape index (κ1) is 17.6. The zero-order valence-corrected chi connectivity index (χ0v) is 14.7. The molecule has 1 aromatic rings. The van der Waals surface area contributed by atoms with Gasteiger partial charge in [0.05, 0.1) is 22.1 Å². The van der Waals surface area contributed by atoms with Gasteiger partial charge in [-0.1, -0.05) is 36.5 Å². The van der Waals surface area contributed by atoms with Crippen molar-refractivity contribution >= 4 is 38.9 Å². The number of nitrogens with zero attached hydrogens (tertiary/aromatic N) is 1. The van der Waals surface area contributed by atoms with E-state index in [9.17, 15) is 13.2 Å². The van der Waals surface area contributed by atoms with Crippen LogP contribution in [0.5, 0.6) is 0 Å². The molecule has 0 radical (unpaired) electrons. The number of rotatable bonds is 5. The van der Waals surface area contributed by atoms with Gasteiger partial charge in [-0.15, -0.1) is 0 Å². The highest BCUT2D eigenvalue weighted by molar-refractivity contribution is 7.91. The Bertz CT molecular complexity index is 661. The highest BCUT2D eigenvalue weighted by atomic mass is 35.5. The summed E-state index contributed by atoms with van der Waals surface area (Å²) in [5, 5.41) is 0.763. The highest BCUT2D eigenvalue weighted by Gasteiger charge is 2.35. The van der Waals surface area contributed by atoms with Crippen molar-refractivity contribution in [1.29, 1.82) is 0 Å². The number of amides is 1. The van der Waals surface area contributed by atoms with Gasteiger partial charge in [0.15, 0.2) is 9.84 Å². The Balaban J connectivity index is 2.28. The zero-order valence-electron chi connectivity index (χ0n) is 12.4. The lowest BCUT2D eigenvalue weighted by Crippen LogP contribution is -2.41. The highest BCUT2D eigenvalue weighted by Crippen LogP contribution is 2.26. The fraction of sp³-hybridized carbons (Fsp3) is 0.533. The second-order valence-electron chi connectivity index (χ2n) is 5.53. The van der Waals surface area contributed by atoms with Gasteiger partial charge >= 0.3 is 0 Å². The number of carbonyl (C=O) groups excluding carboxylic acids is 1. The van der Waals surface area contributed by atoms with Gasteiger partial charge < -0.3 is 4.90 Å². The molecule has 0 saturated carbocycles. The van der Waals surface area contributed by atoms with Crippen molar-refractivity contribution in [3.63, 3.8) is 0 Å². The average Bonchev–Trinajstić information content (AvgIpc) is 2.82. The molecule has 1 aliphatic heterocycles. The fourth-order valence-electron chi connectivity index (χ4n) is 2.62. The molecule has 0 bridgehead atoms. The summed E-state index contributed by atoms with van der Waals surface area (Å²) in [4.78, 5) is 14.5. The summed E-state index contributed by atoms with van der Waals surface area (Å²) in [7, 11) is -3.05. The van der Waals surface area contributed by atoms with Crippen molar-refractivity contribution in [3.05, 3.63) is 33.8 Å². The van der Waals surface area contributed by atoms with Crippen molar-refractivity contribution in [1.82, 2.24) is 4.90 Å². The van der Waals surface area contributed by atoms with E-state index < -0.39 is 9.84 Å². The van der Waals surface area contributed by atoms with Crippen molar-refractivity contribution in [2.24, 2.45) is 0 Å². The van der Waals surface area contributed by atoms with Crippen molar-refractivity contribution in [3.8, 4) is 0 Å². The van der Waals surface area contributed by atoms with E-state index in [1.165, 1.54) is 6.07 Å². The molecule has 0 aliphatic carbocycles. The summed E-state index contributed by atoms with van der Waals surface area (Å²) in [6.45, 7) is 2.55. The SMILES string of the molecule is CCCCN(C(=O)c1cc(Cl)ccc1Cl)C1CCS(=O)(=O)C1. The van der Waals surface area contributed by atoms with Crippen LogP contribution in [-0.4, -0.2) is 43.3 Å². The van der Waals surface area contributed by atoms with Gasteiger partial charge in [0.2, 0.25) is 0 Å². The summed E-state index contributed by atoms with van der Waals surface area (Å²) >= 11 is 12.1. The van der Waals surface area contributed by atoms with Crippen LogP contribution in [0.2, 0.25) is 10.0 Å². The Morgan fingerprint density at radius 2 is 2.09 bits per heavy atom. The Hall–Kier alpha value is -0.780. The van der Waals surface area contributed by atoms with Gasteiger partial charge in [-0.2, -0.15) is 0 Å². The van der Waals surface area contributed by atoms with Crippen LogP contribution in [0.15, 0.2) is 18.2 Å². The molecule has 0 spiro atoms. The number of carbonyl (C=O) groups is 1. The number of halogens is 2. The van der Waals surface area contributed by atoms with Crippen molar-refractivity contribution in [2.45, 2.75) is 32.2 Å². The third-order valence-electron chi connectivity index (χ3n) is 3.82. The zero-order chi connectivity index (χ0) is 16.3. The molecule has 1 atom stereocenters. The first-order chi connectivity index (χ1) is 10.3. The predicted molar refractivity (Wildman–Crippen MR) is 89.5 cm³/mol. The number of hydrogen-bond acceptors (Lipinski definition) is 3. The second kappa shape index (κ2) is 7.20. The number of sulfone groups is 1. The third kappa shape index (κ3) is 4.15. The van der Waals surface area contributed by atoms with Crippen molar-refractivity contribution < 1.29 is 13.2 Å². The minimum atomic E-state index is -3.05. The molecular weight excluding hydrogens is 345 g/mol. The quantitative estimate of drug-likeness (QED) is 0.805. The lowest BCUT2D eigenvalue weighted by Gasteiger charge is -2.28. The molecule has 1 aliphatic rings. The van der Waals surface area contributed by atoms with Crippen LogP contribution in [0, 0.1) is 0 Å². The maximum Gasteiger partial charge on any atom is 0.255 e. The fourth-order valence-corrected chi connectivity index (χ4v) is 4.72. The van der Waals surface area contributed by atoms with Gasteiger partial charge in [0.1, 0.15) is 0 Å². The minimum absolute atomic E-state index is 0.0284. The van der Waals surface area contributed by atoms with Crippen LogP contribution in [0.3, 0.4) is 0 Å². The maximum atomic E-state index is 12.8. The van der Waals surface area contributed by atoms with Gasteiger partial charge in [-0.05, 0) is 31.0 Å². The number of benzene rings is 1. The molecule has 1 fully saturated rings. The molecule has 22 heavy (non-hydrogen) atoms. The standard InChI is InChI=1S/C15H19Cl2NO3S/c1-2-3-7-18(12-6-8-22(20,21)10-12)15(19)13-9-11(16)4-5-14(13)17/h4-5,9,12H,2-3,6-8,10H2,1H3. The first-order valence-electron chi connectivity index (χ1n) is 7.30. The van der Waals surface area contributed by atoms with Crippen LogP contribution in [0.25, 0.3) is 0 Å². The molecule has 0 N–H and O–H groups in total. The van der Waals surface area contributed by atoms with E-state index in [2.05, 4.69) is 0 Å². The number of hydrogen-bond donors (Lipinski definition) is 0. The molecule has 7 heteroatoms. The smallest absolute Gasteiger partial charge is 0.255 e. The Kier molecular flexibility index (Phi) is 5.75. The van der Waals surface area contributed by atoms with Crippen LogP contribution in [0.4, 0.5) is 0 Å². The molecule has 1 aromatic carbocycles. The third-order valence-corrected chi connectivity index (χ3v) is 6.14. The molecule has 1 saturated heterocycles.